The molecule has 0 amide bonds. The number of aromatic nitrogens is 1. The van der Waals surface area contributed by atoms with Crippen LogP contribution in [-0.4, -0.2) is 16.1 Å². The van der Waals surface area contributed by atoms with Crippen LogP contribution in [0.2, 0.25) is 0 Å². The Balaban J connectivity index is 1.48. The van der Waals surface area contributed by atoms with Crippen LogP contribution < -0.4 is 9.46 Å². The normalized spacial score (nSPS) is 11.3. The van der Waals surface area contributed by atoms with Gasteiger partial charge in [-0.3, -0.25) is 4.79 Å². The van der Waals surface area contributed by atoms with Crippen molar-refractivity contribution in [2.24, 2.45) is 0 Å². The number of halogens is 1. The second-order valence-corrected chi connectivity index (χ2v) is 10.2. The Labute approximate surface area is 214 Å². The molecule has 0 aliphatic carbocycles. The lowest BCUT2D eigenvalue weighted by atomic mass is 10.1. The maximum Gasteiger partial charge on any atom is 0.307 e. The lowest BCUT2D eigenvalue weighted by Crippen LogP contribution is -1.98. The lowest BCUT2D eigenvalue weighted by molar-refractivity contribution is -0.136. The van der Waals surface area contributed by atoms with Gasteiger partial charge < -0.3 is 24.0 Å². The van der Waals surface area contributed by atoms with E-state index in [9.17, 15) is 4.79 Å². The van der Waals surface area contributed by atoms with Gasteiger partial charge in [0.05, 0.1) is 18.4 Å². The lowest BCUT2D eigenvalue weighted by Gasteiger charge is -2.15. The molecule has 0 aliphatic rings. The number of benzene rings is 3. The third kappa shape index (κ3) is 4.60. The van der Waals surface area contributed by atoms with Crippen molar-refractivity contribution >= 4 is 68.1 Å². The van der Waals surface area contributed by atoms with E-state index in [2.05, 4.69) is 63.5 Å². The second kappa shape index (κ2) is 9.27. The SMILES string of the molecule is Cc1cc2c(NSc3ccc(I)cc3C)c(Oc3ccc4c(CC(=O)O)coc4c3)ccc2[nH]1. The predicted molar refractivity (Wildman–Crippen MR) is 144 cm³/mol. The molecule has 6 nitrogen and oxygen atoms in total. The smallest absolute Gasteiger partial charge is 0.307 e. The molecule has 0 saturated heterocycles. The van der Waals surface area contributed by atoms with Gasteiger partial charge >= 0.3 is 5.97 Å². The maximum absolute atomic E-state index is 11.1. The Kier molecular flexibility index (Phi) is 6.18. The zero-order valence-electron chi connectivity index (χ0n) is 18.4. The Morgan fingerprint density at radius 1 is 1.12 bits per heavy atom. The van der Waals surface area contributed by atoms with E-state index < -0.39 is 5.97 Å². The Bertz CT molecular complexity index is 1540. The van der Waals surface area contributed by atoms with Crippen LogP contribution in [0.1, 0.15) is 16.8 Å². The molecule has 34 heavy (non-hydrogen) atoms. The van der Waals surface area contributed by atoms with Gasteiger partial charge in [0, 0.05) is 42.1 Å². The molecule has 0 aliphatic heterocycles. The highest BCUT2D eigenvalue weighted by Crippen LogP contribution is 2.40. The van der Waals surface area contributed by atoms with Crippen LogP contribution in [0.15, 0.2) is 70.2 Å². The fourth-order valence-corrected chi connectivity index (χ4v) is 5.33. The monoisotopic (exact) mass is 584 g/mol. The number of hydrogen-bond acceptors (Lipinski definition) is 5. The van der Waals surface area contributed by atoms with Crippen molar-refractivity contribution in [2.75, 3.05) is 4.72 Å². The zero-order chi connectivity index (χ0) is 23.8. The summed E-state index contributed by atoms with van der Waals surface area (Å²) in [4.78, 5) is 15.6. The number of anilines is 1. The quantitative estimate of drug-likeness (QED) is 0.134. The molecule has 0 radical (unpaired) electrons. The van der Waals surface area contributed by atoms with E-state index in [1.807, 2.05) is 31.2 Å². The van der Waals surface area contributed by atoms with Gasteiger partial charge in [0.25, 0.3) is 0 Å². The van der Waals surface area contributed by atoms with Gasteiger partial charge in [0.1, 0.15) is 11.3 Å². The highest BCUT2D eigenvalue weighted by molar-refractivity contribution is 14.1. The molecule has 5 rings (SSSR count). The molecular formula is C26H21IN2O4S. The number of aliphatic carboxylic acids is 1. The molecule has 0 bridgehead atoms. The molecule has 0 saturated carbocycles. The number of aromatic amines is 1. The van der Waals surface area contributed by atoms with Crippen molar-refractivity contribution < 1.29 is 19.1 Å². The van der Waals surface area contributed by atoms with Crippen LogP contribution in [-0.2, 0) is 11.2 Å². The van der Waals surface area contributed by atoms with Crippen LogP contribution in [0.25, 0.3) is 21.9 Å². The minimum atomic E-state index is -0.894. The molecule has 8 heteroatoms. The van der Waals surface area contributed by atoms with E-state index in [-0.39, 0.29) is 6.42 Å². The molecule has 2 aromatic heterocycles. The molecule has 2 heterocycles. The first-order valence-electron chi connectivity index (χ1n) is 10.6. The van der Waals surface area contributed by atoms with Crippen LogP contribution >= 0.6 is 34.5 Å². The zero-order valence-corrected chi connectivity index (χ0v) is 21.4. The van der Waals surface area contributed by atoms with Crippen molar-refractivity contribution in [3.63, 3.8) is 0 Å². The molecule has 0 unspecified atom stereocenters. The standard InChI is InChI=1S/C26H21IN2O4S/c1-14-9-17(27)3-8-24(14)34-29-26-20-10-15(2)28-21(20)6-7-22(26)33-18-4-5-19-16(11-25(30)31)13-32-23(19)12-18/h3-10,12-13,28-29H,11H2,1-2H3,(H,30,31). The average molecular weight is 584 g/mol. The number of carboxylic acids is 1. The summed E-state index contributed by atoms with van der Waals surface area (Å²) >= 11 is 3.86. The number of aryl methyl sites for hydroxylation is 2. The number of H-pyrrole nitrogens is 1. The highest BCUT2D eigenvalue weighted by Gasteiger charge is 2.15. The molecular weight excluding hydrogens is 563 g/mol. The summed E-state index contributed by atoms with van der Waals surface area (Å²) in [6, 6.07) is 17.8. The number of carbonyl (C=O) groups is 1. The summed E-state index contributed by atoms with van der Waals surface area (Å²) in [6.45, 7) is 4.13. The minimum absolute atomic E-state index is 0.0834. The first-order chi connectivity index (χ1) is 16.4. The van der Waals surface area contributed by atoms with E-state index in [1.165, 1.54) is 15.4 Å². The summed E-state index contributed by atoms with van der Waals surface area (Å²) in [5.41, 5.74) is 5.39. The van der Waals surface area contributed by atoms with Crippen LogP contribution in [0.3, 0.4) is 0 Å². The average Bonchev–Trinajstić information content (AvgIpc) is 3.36. The van der Waals surface area contributed by atoms with Gasteiger partial charge in [-0.1, -0.05) is 0 Å². The predicted octanol–water partition coefficient (Wildman–Crippen LogP) is 7.67. The van der Waals surface area contributed by atoms with Gasteiger partial charge in [-0.2, -0.15) is 0 Å². The largest absolute Gasteiger partial charge is 0.481 e. The second-order valence-electron chi connectivity index (χ2n) is 8.06. The third-order valence-corrected chi connectivity index (χ3v) is 7.15. The Morgan fingerprint density at radius 2 is 1.97 bits per heavy atom. The van der Waals surface area contributed by atoms with Crippen molar-refractivity contribution in [1.29, 1.82) is 0 Å². The Morgan fingerprint density at radius 3 is 2.76 bits per heavy atom. The summed E-state index contributed by atoms with van der Waals surface area (Å²) in [5, 5.41) is 10.9. The number of furan rings is 1. The Hall–Kier alpha value is -3.11. The highest BCUT2D eigenvalue weighted by atomic mass is 127. The fraction of sp³-hybridized carbons (Fsp3) is 0.115. The van der Waals surface area contributed by atoms with Crippen LogP contribution in [0.5, 0.6) is 11.5 Å². The van der Waals surface area contributed by atoms with E-state index in [1.54, 1.807) is 18.0 Å². The number of ether oxygens (including phenoxy) is 1. The van der Waals surface area contributed by atoms with Crippen LogP contribution in [0.4, 0.5) is 5.69 Å². The number of rotatable bonds is 7. The van der Waals surface area contributed by atoms with Crippen molar-refractivity contribution in [1.82, 2.24) is 4.98 Å². The van der Waals surface area contributed by atoms with Crippen molar-refractivity contribution in [3.8, 4) is 11.5 Å². The summed E-state index contributed by atoms with van der Waals surface area (Å²) in [7, 11) is 0. The molecule has 3 N–H and O–H groups in total. The van der Waals surface area contributed by atoms with Gasteiger partial charge in [-0.15, -0.1) is 0 Å². The fourth-order valence-electron chi connectivity index (χ4n) is 3.90. The van der Waals surface area contributed by atoms with E-state index in [0.29, 0.717) is 22.6 Å². The molecule has 3 aromatic carbocycles. The van der Waals surface area contributed by atoms with Crippen LogP contribution in [0, 0.1) is 17.4 Å². The van der Waals surface area contributed by atoms with Gasteiger partial charge in [0.15, 0.2) is 5.75 Å². The molecule has 0 atom stereocenters. The minimum Gasteiger partial charge on any atom is -0.481 e. The number of fused-ring (bicyclic) bond motifs is 2. The van der Waals surface area contributed by atoms with E-state index >= 15 is 0 Å². The summed E-state index contributed by atoms with van der Waals surface area (Å²) in [6.07, 6.45) is 1.41. The van der Waals surface area contributed by atoms with Gasteiger partial charge in [0.2, 0.25) is 0 Å². The van der Waals surface area contributed by atoms with Crippen molar-refractivity contribution in [3.05, 3.63) is 81.3 Å². The molecule has 0 spiro atoms. The molecule has 5 aromatic rings. The maximum atomic E-state index is 11.1. The molecule has 172 valence electrons. The number of hydrogen-bond donors (Lipinski definition) is 3. The van der Waals surface area contributed by atoms with Gasteiger partial charge in [-0.25, -0.2) is 0 Å². The number of nitrogens with one attached hydrogen (secondary N) is 2. The molecule has 0 fully saturated rings. The summed E-state index contributed by atoms with van der Waals surface area (Å²) < 4.78 is 16.6. The number of carboxylic acid groups (broad SMARTS) is 1. The third-order valence-electron chi connectivity index (χ3n) is 5.50. The van der Waals surface area contributed by atoms with E-state index in [4.69, 9.17) is 14.3 Å². The van der Waals surface area contributed by atoms with Gasteiger partial charge in [-0.05, 0) is 102 Å². The van der Waals surface area contributed by atoms with Crippen molar-refractivity contribution in [2.45, 2.75) is 25.2 Å². The first kappa shape index (κ1) is 22.7. The topological polar surface area (TPSA) is 87.5 Å². The summed E-state index contributed by atoms with van der Waals surface area (Å²) in [5.74, 6) is 0.391. The first-order valence-corrected chi connectivity index (χ1v) is 12.5. The van der Waals surface area contributed by atoms with E-state index in [0.717, 1.165) is 32.6 Å².